The molecule has 0 atom stereocenters. The minimum Gasteiger partial charge on any atom is -0.358 e. The zero-order chi connectivity index (χ0) is 17.8. The van der Waals surface area contributed by atoms with E-state index in [2.05, 4.69) is 63.7 Å². The fourth-order valence-electron chi connectivity index (χ4n) is 2.96. The number of para-hydroxylation sites is 1. The number of guanidine groups is 1. The van der Waals surface area contributed by atoms with Gasteiger partial charge in [0.05, 0.1) is 12.2 Å². The van der Waals surface area contributed by atoms with E-state index >= 15 is 0 Å². The zero-order valence-electron chi connectivity index (χ0n) is 15.6. The molecule has 0 radical (unpaired) electrons. The summed E-state index contributed by atoms with van der Waals surface area (Å²) in [4.78, 5) is 13.6. The summed E-state index contributed by atoms with van der Waals surface area (Å²) in [5, 5.41) is 9.12. The highest BCUT2D eigenvalue weighted by molar-refractivity contribution is 14.0. The number of hydrogen-bond acceptors (Lipinski definition) is 3. The maximum atomic E-state index is 4.55. The monoisotopic (exact) mass is 483 g/mol. The van der Waals surface area contributed by atoms with E-state index < -0.39 is 0 Å². The van der Waals surface area contributed by atoms with Gasteiger partial charge in [0.1, 0.15) is 5.01 Å². The molecule has 3 N–H and O–H groups in total. The van der Waals surface area contributed by atoms with Crippen molar-refractivity contribution in [3.63, 3.8) is 0 Å². The summed E-state index contributed by atoms with van der Waals surface area (Å²) in [5.41, 5.74) is 4.91. The molecule has 7 heteroatoms. The lowest BCUT2D eigenvalue weighted by atomic mass is 10.1. The normalized spacial score (nSPS) is 11.5. The summed E-state index contributed by atoms with van der Waals surface area (Å²) in [7, 11) is 1.80. The molecule has 0 spiro atoms. The molecule has 0 aliphatic heterocycles. The number of aliphatic imine (C=N–C) groups is 1. The fraction of sp³-hybridized carbons (Fsp3) is 0.368. The van der Waals surface area contributed by atoms with Crippen LogP contribution in [0.4, 0.5) is 0 Å². The van der Waals surface area contributed by atoms with Crippen LogP contribution in [0.15, 0.2) is 29.3 Å². The van der Waals surface area contributed by atoms with Crippen molar-refractivity contribution in [3.05, 3.63) is 51.1 Å². The first-order valence-corrected chi connectivity index (χ1v) is 9.33. The molecule has 26 heavy (non-hydrogen) atoms. The molecule has 0 bridgehead atoms. The third-order valence-electron chi connectivity index (χ3n) is 4.40. The highest BCUT2D eigenvalue weighted by atomic mass is 127. The van der Waals surface area contributed by atoms with Crippen molar-refractivity contribution in [2.24, 2.45) is 4.99 Å². The number of aryl methyl sites for hydroxylation is 3. The van der Waals surface area contributed by atoms with E-state index in [0.717, 1.165) is 29.6 Å². The third kappa shape index (κ3) is 4.76. The van der Waals surface area contributed by atoms with Crippen LogP contribution in [0.25, 0.3) is 10.9 Å². The third-order valence-corrected chi connectivity index (χ3v) is 5.47. The van der Waals surface area contributed by atoms with Gasteiger partial charge in [-0.3, -0.25) is 4.99 Å². The standard InChI is InChI=1S/C19H25N5S.HI/c1-12-14(3)25-18(24-12)11-22-19(20-4)21-10-9-15-13(2)23-17-8-6-5-7-16(15)17;/h5-8,23H,9-11H2,1-4H3,(H2,20,21,22);1H. The number of hydrogen-bond donors (Lipinski definition) is 3. The molecule has 0 fully saturated rings. The highest BCUT2D eigenvalue weighted by Crippen LogP contribution is 2.21. The fourth-order valence-corrected chi connectivity index (χ4v) is 3.83. The lowest BCUT2D eigenvalue weighted by molar-refractivity contribution is 0.790. The van der Waals surface area contributed by atoms with E-state index in [-0.39, 0.29) is 24.0 Å². The SMILES string of the molecule is CN=C(NCCc1c(C)[nH]c2ccccc12)NCc1nc(C)c(C)s1.I. The lowest BCUT2D eigenvalue weighted by Crippen LogP contribution is -2.37. The predicted molar refractivity (Wildman–Crippen MR) is 122 cm³/mol. The largest absolute Gasteiger partial charge is 0.358 e. The first-order chi connectivity index (χ1) is 12.1. The van der Waals surface area contributed by atoms with Crippen LogP contribution in [0, 0.1) is 20.8 Å². The zero-order valence-corrected chi connectivity index (χ0v) is 18.8. The molecule has 0 unspecified atom stereocenters. The van der Waals surface area contributed by atoms with E-state index in [1.165, 1.54) is 27.0 Å². The van der Waals surface area contributed by atoms with Crippen LogP contribution in [0.3, 0.4) is 0 Å². The molecule has 2 aromatic heterocycles. The molecule has 0 saturated heterocycles. The number of aromatic amines is 1. The number of halogens is 1. The molecule has 140 valence electrons. The smallest absolute Gasteiger partial charge is 0.191 e. The number of rotatable bonds is 5. The van der Waals surface area contributed by atoms with Gasteiger partial charge in [-0.15, -0.1) is 35.3 Å². The Balaban J connectivity index is 0.00000243. The number of aromatic nitrogens is 2. The van der Waals surface area contributed by atoms with Gasteiger partial charge in [-0.25, -0.2) is 4.98 Å². The van der Waals surface area contributed by atoms with E-state index in [1.807, 2.05) is 6.92 Å². The maximum absolute atomic E-state index is 4.55. The molecule has 5 nitrogen and oxygen atoms in total. The number of nitrogens with one attached hydrogen (secondary N) is 3. The summed E-state index contributed by atoms with van der Waals surface area (Å²) in [5.74, 6) is 0.808. The van der Waals surface area contributed by atoms with Crippen LogP contribution in [-0.4, -0.2) is 29.5 Å². The average Bonchev–Trinajstić information content (AvgIpc) is 3.09. The van der Waals surface area contributed by atoms with E-state index in [0.29, 0.717) is 6.54 Å². The Bertz CT molecular complexity index is 877. The maximum Gasteiger partial charge on any atom is 0.191 e. The number of thiazole rings is 1. The van der Waals surface area contributed by atoms with Gasteiger partial charge < -0.3 is 15.6 Å². The second-order valence-corrected chi connectivity index (χ2v) is 7.41. The molecule has 0 aliphatic rings. The van der Waals surface area contributed by atoms with Gasteiger partial charge in [-0.05, 0) is 38.8 Å². The second kappa shape index (κ2) is 9.36. The minimum atomic E-state index is 0. The molecule has 0 saturated carbocycles. The van der Waals surface area contributed by atoms with Crippen molar-refractivity contribution in [1.82, 2.24) is 20.6 Å². The number of benzene rings is 1. The van der Waals surface area contributed by atoms with E-state index in [9.17, 15) is 0 Å². The second-order valence-electron chi connectivity index (χ2n) is 6.13. The van der Waals surface area contributed by atoms with Gasteiger partial charge >= 0.3 is 0 Å². The van der Waals surface area contributed by atoms with Crippen molar-refractivity contribution in [2.45, 2.75) is 33.7 Å². The van der Waals surface area contributed by atoms with Gasteiger partial charge in [0.2, 0.25) is 0 Å². The summed E-state index contributed by atoms with van der Waals surface area (Å²) in [6, 6.07) is 8.45. The van der Waals surface area contributed by atoms with Crippen LogP contribution in [0.2, 0.25) is 0 Å². The molecule has 2 heterocycles. The Labute approximate surface area is 175 Å². The summed E-state index contributed by atoms with van der Waals surface area (Å²) in [6.45, 7) is 7.82. The van der Waals surface area contributed by atoms with Gasteiger partial charge in [-0.1, -0.05) is 18.2 Å². The van der Waals surface area contributed by atoms with Crippen LogP contribution < -0.4 is 10.6 Å². The Morgan fingerprint density at radius 1 is 1.19 bits per heavy atom. The first kappa shape index (κ1) is 20.7. The molecule has 1 aromatic carbocycles. The number of nitrogens with zero attached hydrogens (tertiary/aromatic N) is 2. The quantitative estimate of drug-likeness (QED) is 0.291. The Hall–Kier alpha value is -1.61. The predicted octanol–water partition coefficient (Wildman–Crippen LogP) is 4.08. The molecular formula is C19H26IN5S. The molecule has 0 aliphatic carbocycles. The van der Waals surface area contributed by atoms with Crippen molar-refractivity contribution in [1.29, 1.82) is 0 Å². The van der Waals surface area contributed by atoms with Gasteiger partial charge in [0.25, 0.3) is 0 Å². The number of fused-ring (bicyclic) bond motifs is 1. The summed E-state index contributed by atoms with van der Waals surface area (Å²) < 4.78 is 0. The van der Waals surface area contributed by atoms with Crippen LogP contribution in [-0.2, 0) is 13.0 Å². The minimum absolute atomic E-state index is 0. The first-order valence-electron chi connectivity index (χ1n) is 8.52. The van der Waals surface area contributed by atoms with Crippen molar-refractivity contribution < 1.29 is 0 Å². The Kier molecular flexibility index (Phi) is 7.45. The average molecular weight is 483 g/mol. The molecular weight excluding hydrogens is 457 g/mol. The summed E-state index contributed by atoms with van der Waals surface area (Å²) in [6.07, 6.45) is 0.950. The molecule has 0 amide bonds. The Morgan fingerprint density at radius 3 is 2.65 bits per heavy atom. The van der Waals surface area contributed by atoms with E-state index in [1.54, 1.807) is 18.4 Å². The number of H-pyrrole nitrogens is 1. The summed E-state index contributed by atoms with van der Waals surface area (Å²) >= 11 is 1.73. The van der Waals surface area contributed by atoms with Gasteiger partial charge in [-0.2, -0.15) is 0 Å². The van der Waals surface area contributed by atoms with Crippen LogP contribution >= 0.6 is 35.3 Å². The Morgan fingerprint density at radius 2 is 1.96 bits per heavy atom. The van der Waals surface area contributed by atoms with Gasteiger partial charge in [0, 0.05) is 35.1 Å². The lowest BCUT2D eigenvalue weighted by Gasteiger charge is -2.11. The van der Waals surface area contributed by atoms with E-state index in [4.69, 9.17) is 0 Å². The van der Waals surface area contributed by atoms with Crippen LogP contribution in [0.5, 0.6) is 0 Å². The van der Waals surface area contributed by atoms with Crippen molar-refractivity contribution in [2.75, 3.05) is 13.6 Å². The highest BCUT2D eigenvalue weighted by Gasteiger charge is 2.08. The van der Waals surface area contributed by atoms with Gasteiger partial charge in [0.15, 0.2) is 5.96 Å². The van der Waals surface area contributed by atoms with Crippen molar-refractivity contribution in [3.8, 4) is 0 Å². The molecule has 3 aromatic rings. The molecule has 3 rings (SSSR count). The van der Waals surface area contributed by atoms with Crippen LogP contribution in [0.1, 0.15) is 26.8 Å². The van der Waals surface area contributed by atoms with Crippen molar-refractivity contribution >= 4 is 52.2 Å². The topological polar surface area (TPSA) is 65.1 Å².